The van der Waals surface area contributed by atoms with Crippen LogP contribution in [-0.4, -0.2) is 26.6 Å². The Morgan fingerprint density at radius 1 is 1.23 bits per heavy atom. The fraction of sp³-hybridized carbons (Fsp3) is 0.250. The molecule has 0 saturated heterocycles. The van der Waals surface area contributed by atoms with Gasteiger partial charge in [0.2, 0.25) is 0 Å². The predicted molar refractivity (Wildman–Crippen MR) is 102 cm³/mol. The lowest BCUT2D eigenvalue weighted by Gasteiger charge is -2.13. The Labute approximate surface area is 152 Å². The Bertz CT molecular complexity index is 935. The van der Waals surface area contributed by atoms with Crippen molar-refractivity contribution in [2.45, 2.75) is 26.4 Å². The molecular formula is C20H22N4O2. The number of aromatic nitrogens is 3. The van der Waals surface area contributed by atoms with Crippen LogP contribution in [0.2, 0.25) is 0 Å². The quantitative estimate of drug-likeness (QED) is 0.636. The van der Waals surface area contributed by atoms with Crippen molar-refractivity contribution in [3.05, 3.63) is 75.8 Å². The minimum Gasteiger partial charge on any atom is -0.387 e. The molecule has 26 heavy (non-hydrogen) atoms. The van der Waals surface area contributed by atoms with Crippen molar-refractivity contribution < 1.29 is 5.11 Å². The predicted octanol–water partition coefficient (Wildman–Crippen LogP) is 2.85. The third-order valence-corrected chi connectivity index (χ3v) is 4.10. The van der Waals surface area contributed by atoms with Crippen LogP contribution in [0.15, 0.2) is 53.5 Å². The number of H-pyrrole nitrogens is 1. The molecule has 0 aliphatic heterocycles. The van der Waals surface area contributed by atoms with Gasteiger partial charge in [-0.3, -0.25) is 4.79 Å². The van der Waals surface area contributed by atoms with Gasteiger partial charge < -0.3 is 15.4 Å². The summed E-state index contributed by atoms with van der Waals surface area (Å²) in [6.07, 6.45) is 1.73. The summed E-state index contributed by atoms with van der Waals surface area (Å²) in [6, 6.07) is 12.9. The molecule has 2 heterocycles. The molecule has 0 fully saturated rings. The summed E-state index contributed by atoms with van der Waals surface area (Å²) in [5.41, 5.74) is 3.29. The maximum absolute atomic E-state index is 11.7. The molecule has 0 radical (unpaired) electrons. The standard InChI is InChI=1S/C20H22N4O2/c1-3-16-10-19(26)24-20(23-16)15-7-8-18(21-11-15)22-12-17(25)14-6-4-5-13(2)9-14/h4-11,17,25H,3,12H2,1-2H3,(H,21,22)(H,23,24,26). The van der Waals surface area contributed by atoms with Crippen LogP contribution in [0.3, 0.4) is 0 Å². The number of aryl methyl sites for hydroxylation is 2. The maximum atomic E-state index is 11.7. The number of hydrogen-bond acceptors (Lipinski definition) is 5. The highest BCUT2D eigenvalue weighted by Crippen LogP contribution is 2.17. The number of rotatable bonds is 6. The highest BCUT2D eigenvalue weighted by Gasteiger charge is 2.08. The van der Waals surface area contributed by atoms with Crippen LogP contribution in [0.1, 0.15) is 29.8 Å². The number of nitrogens with one attached hydrogen (secondary N) is 2. The van der Waals surface area contributed by atoms with E-state index in [1.807, 2.05) is 44.2 Å². The minimum atomic E-state index is -0.615. The Balaban J connectivity index is 1.68. The molecule has 3 aromatic rings. The lowest BCUT2D eigenvalue weighted by atomic mass is 10.1. The summed E-state index contributed by atoms with van der Waals surface area (Å²) in [5, 5.41) is 13.4. The van der Waals surface area contributed by atoms with Gasteiger partial charge in [0.15, 0.2) is 0 Å². The maximum Gasteiger partial charge on any atom is 0.251 e. The van der Waals surface area contributed by atoms with Gasteiger partial charge in [-0.2, -0.15) is 0 Å². The number of nitrogens with zero attached hydrogens (tertiary/aromatic N) is 2. The molecule has 3 rings (SSSR count). The Morgan fingerprint density at radius 2 is 2.08 bits per heavy atom. The minimum absolute atomic E-state index is 0.171. The first-order chi connectivity index (χ1) is 12.5. The molecular weight excluding hydrogens is 328 g/mol. The van der Waals surface area contributed by atoms with Crippen molar-refractivity contribution in [3.8, 4) is 11.4 Å². The fourth-order valence-corrected chi connectivity index (χ4v) is 2.66. The summed E-state index contributed by atoms with van der Waals surface area (Å²) in [4.78, 5) is 23.2. The number of aromatic amines is 1. The van der Waals surface area contributed by atoms with Crippen molar-refractivity contribution in [2.75, 3.05) is 11.9 Å². The number of hydrogen-bond donors (Lipinski definition) is 3. The second kappa shape index (κ2) is 7.93. The second-order valence-electron chi connectivity index (χ2n) is 6.18. The third kappa shape index (κ3) is 4.34. The van der Waals surface area contributed by atoms with Gasteiger partial charge in [0.25, 0.3) is 5.56 Å². The first-order valence-electron chi connectivity index (χ1n) is 8.60. The van der Waals surface area contributed by atoms with E-state index in [0.29, 0.717) is 24.6 Å². The van der Waals surface area contributed by atoms with Crippen LogP contribution in [0.25, 0.3) is 11.4 Å². The number of aliphatic hydroxyl groups is 1. The van der Waals surface area contributed by atoms with E-state index in [1.54, 1.807) is 12.3 Å². The summed E-state index contributed by atoms with van der Waals surface area (Å²) >= 11 is 0. The van der Waals surface area contributed by atoms with E-state index in [2.05, 4.69) is 20.3 Å². The summed E-state index contributed by atoms with van der Waals surface area (Å²) in [6.45, 7) is 4.31. The molecule has 1 unspecified atom stereocenters. The molecule has 0 saturated carbocycles. The molecule has 6 heteroatoms. The van der Waals surface area contributed by atoms with Crippen LogP contribution in [0.4, 0.5) is 5.82 Å². The van der Waals surface area contributed by atoms with Gasteiger partial charge in [0.05, 0.1) is 6.10 Å². The van der Waals surface area contributed by atoms with Crippen LogP contribution in [0, 0.1) is 6.92 Å². The van der Waals surface area contributed by atoms with Gasteiger partial charge >= 0.3 is 0 Å². The number of benzene rings is 1. The molecule has 0 spiro atoms. The Kier molecular flexibility index (Phi) is 5.43. The normalized spacial score (nSPS) is 12.0. The SMILES string of the molecule is CCc1cc(=O)[nH]c(-c2ccc(NCC(O)c3cccc(C)c3)nc2)n1. The third-order valence-electron chi connectivity index (χ3n) is 4.10. The highest BCUT2D eigenvalue weighted by atomic mass is 16.3. The zero-order valence-corrected chi connectivity index (χ0v) is 14.9. The molecule has 1 atom stereocenters. The zero-order chi connectivity index (χ0) is 18.5. The highest BCUT2D eigenvalue weighted by molar-refractivity contribution is 5.55. The van der Waals surface area contributed by atoms with E-state index >= 15 is 0 Å². The topological polar surface area (TPSA) is 90.9 Å². The number of pyridine rings is 1. The molecule has 6 nitrogen and oxygen atoms in total. The van der Waals surface area contributed by atoms with E-state index in [4.69, 9.17) is 0 Å². The van der Waals surface area contributed by atoms with Crippen LogP contribution in [-0.2, 0) is 6.42 Å². The lowest BCUT2D eigenvalue weighted by Crippen LogP contribution is -2.13. The zero-order valence-electron chi connectivity index (χ0n) is 14.9. The van der Waals surface area contributed by atoms with Crippen molar-refractivity contribution in [1.29, 1.82) is 0 Å². The number of anilines is 1. The average molecular weight is 350 g/mol. The van der Waals surface area contributed by atoms with Gasteiger partial charge in [-0.1, -0.05) is 36.8 Å². The van der Waals surface area contributed by atoms with Crippen molar-refractivity contribution in [1.82, 2.24) is 15.0 Å². The largest absolute Gasteiger partial charge is 0.387 e. The molecule has 0 bridgehead atoms. The summed E-state index contributed by atoms with van der Waals surface area (Å²) < 4.78 is 0. The smallest absolute Gasteiger partial charge is 0.251 e. The van der Waals surface area contributed by atoms with Gasteiger partial charge in [0, 0.05) is 30.1 Å². The monoisotopic (exact) mass is 350 g/mol. The van der Waals surface area contributed by atoms with Gasteiger partial charge in [-0.25, -0.2) is 9.97 Å². The molecule has 0 aliphatic carbocycles. The lowest BCUT2D eigenvalue weighted by molar-refractivity contribution is 0.191. The Morgan fingerprint density at radius 3 is 2.77 bits per heavy atom. The van der Waals surface area contributed by atoms with Crippen LogP contribution in [0.5, 0.6) is 0 Å². The summed E-state index contributed by atoms with van der Waals surface area (Å²) in [7, 11) is 0. The van der Waals surface area contributed by atoms with Gasteiger partial charge in [0.1, 0.15) is 11.6 Å². The first-order valence-corrected chi connectivity index (χ1v) is 8.60. The molecule has 1 aromatic carbocycles. The van der Waals surface area contributed by atoms with Crippen LogP contribution >= 0.6 is 0 Å². The Hall–Kier alpha value is -2.99. The van der Waals surface area contributed by atoms with Gasteiger partial charge in [-0.15, -0.1) is 0 Å². The fourth-order valence-electron chi connectivity index (χ4n) is 2.66. The van der Waals surface area contributed by atoms with E-state index in [9.17, 15) is 9.90 Å². The van der Waals surface area contributed by atoms with Crippen molar-refractivity contribution in [2.24, 2.45) is 0 Å². The number of aliphatic hydroxyl groups excluding tert-OH is 1. The van der Waals surface area contributed by atoms with E-state index in [-0.39, 0.29) is 5.56 Å². The molecule has 0 amide bonds. The average Bonchev–Trinajstić information content (AvgIpc) is 2.66. The second-order valence-corrected chi connectivity index (χ2v) is 6.18. The molecule has 2 aromatic heterocycles. The van der Waals surface area contributed by atoms with E-state index in [1.165, 1.54) is 6.07 Å². The van der Waals surface area contributed by atoms with Crippen molar-refractivity contribution >= 4 is 5.82 Å². The van der Waals surface area contributed by atoms with Crippen molar-refractivity contribution in [3.63, 3.8) is 0 Å². The first kappa shape index (κ1) is 17.8. The van der Waals surface area contributed by atoms with Crippen LogP contribution < -0.4 is 10.9 Å². The molecule has 0 aliphatic rings. The summed E-state index contributed by atoms with van der Waals surface area (Å²) in [5.74, 6) is 1.16. The molecule has 134 valence electrons. The van der Waals surface area contributed by atoms with E-state index < -0.39 is 6.10 Å². The van der Waals surface area contributed by atoms with E-state index in [0.717, 1.165) is 22.4 Å². The molecule has 3 N–H and O–H groups in total. The van der Waals surface area contributed by atoms with Gasteiger partial charge in [-0.05, 0) is 31.0 Å².